The molecule has 0 bridgehead atoms. The fraction of sp³-hybridized carbons (Fsp3) is 0.600. The quantitative estimate of drug-likeness (QED) is 0.774. The van der Waals surface area contributed by atoms with Crippen molar-refractivity contribution < 1.29 is 9.32 Å². The van der Waals surface area contributed by atoms with Crippen LogP contribution in [0.5, 0.6) is 0 Å². The molecule has 0 radical (unpaired) electrons. The summed E-state index contributed by atoms with van der Waals surface area (Å²) in [6, 6.07) is 1.89. The molecule has 0 aromatic carbocycles. The van der Waals surface area contributed by atoms with Gasteiger partial charge in [0.2, 0.25) is 5.91 Å². The normalized spacial score (nSPS) is 17.5. The summed E-state index contributed by atoms with van der Waals surface area (Å²) in [4.78, 5) is 24.1. The van der Waals surface area contributed by atoms with E-state index in [9.17, 15) is 4.79 Å². The highest BCUT2D eigenvalue weighted by Gasteiger charge is 2.31. The largest absolute Gasteiger partial charge is 0.356 e. The summed E-state index contributed by atoms with van der Waals surface area (Å²) in [6.07, 6.45) is 8.18. The van der Waals surface area contributed by atoms with Gasteiger partial charge in [-0.3, -0.25) is 4.79 Å². The third-order valence-electron chi connectivity index (χ3n) is 4.84. The fourth-order valence-electron chi connectivity index (χ4n) is 3.58. The third kappa shape index (κ3) is 3.94. The first kappa shape index (κ1) is 18.5. The average molecular weight is 356 g/mol. The van der Waals surface area contributed by atoms with E-state index in [0.717, 1.165) is 67.8 Å². The van der Waals surface area contributed by atoms with Gasteiger partial charge in [0.15, 0.2) is 5.76 Å². The molecular weight excluding hydrogens is 328 g/mol. The van der Waals surface area contributed by atoms with Gasteiger partial charge in [0.25, 0.3) is 0 Å². The van der Waals surface area contributed by atoms with Crippen LogP contribution in [0, 0.1) is 6.92 Å². The Morgan fingerprint density at radius 3 is 2.85 bits per heavy atom. The van der Waals surface area contributed by atoms with Gasteiger partial charge in [-0.25, -0.2) is 9.97 Å². The Bertz CT molecular complexity index is 756. The highest BCUT2D eigenvalue weighted by Crippen LogP contribution is 2.36. The molecule has 0 saturated carbocycles. The van der Waals surface area contributed by atoms with Crippen LogP contribution in [0.15, 0.2) is 16.8 Å². The minimum atomic E-state index is -0.0122. The first-order chi connectivity index (χ1) is 12.6. The van der Waals surface area contributed by atoms with Gasteiger partial charge >= 0.3 is 0 Å². The second-order valence-corrected chi connectivity index (χ2v) is 7.02. The Morgan fingerprint density at radius 1 is 1.31 bits per heavy atom. The Balaban J connectivity index is 2.04. The van der Waals surface area contributed by atoms with Crippen LogP contribution >= 0.6 is 0 Å². The highest BCUT2D eigenvalue weighted by atomic mass is 16.5. The molecule has 1 aliphatic heterocycles. The van der Waals surface area contributed by atoms with Gasteiger partial charge in [0, 0.05) is 31.6 Å². The Morgan fingerprint density at radius 2 is 2.15 bits per heavy atom. The third-order valence-corrected chi connectivity index (χ3v) is 4.84. The molecule has 140 valence electrons. The number of piperidine rings is 1. The van der Waals surface area contributed by atoms with Gasteiger partial charge in [-0.05, 0) is 39.0 Å². The predicted octanol–water partition coefficient (Wildman–Crippen LogP) is 4.25. The summed E-state index contributed by atoms with van der Waals surface area (Å²) in [5.41, 5.74) is 2.58. The van der Waals surface area contributed by atoms with Gasteiger partial charge in [-0.2, -0.15) is 0 Å². The molecule has 6 heteroatoms. The van der Waals surface area contributed by atoms with Crippen LogP contribution in [0.4, 0.5) is 0 Å². The standard InChI is InChI=1S/C20H28N4O2/c1-4-8-18-21-13-15(17-12-14(3)23-26-17)20(22-18)16-10-6-7-11-24(16)19(25)9-5-2/h12-13,16H,4-11H2,1-3H3/t16-/m1/s1. The van der Waals surface area contributed by atoms with E-state index in [4.69, 9.17) is 9.51 Å². The van der Waals surface area contributed by atoms with Crippen molar-refractivity contribution in [3.05, 3.63) is 29.5 Å². The molecule has 6 nitrogen and oxygen atoms in total. The number of amides is 1. The molecule has 1 saturated heterocycles. The van der Waals surface area contributed by atoms with Crippen molar-refractivity contribution >= 4 is 5.91 Å². The van der Waals surface area contributed by atoms with Crippen molar-refractivity contribution in [2.75, 3.05) is 6.54 Å². The maximum Gasteiger partial charge on any atom is 0.223 e. The molecule has 0 unspecified atom stereocenters. The predicted molar refractivity (Wildman–Crippen MR) is 99.5 cm³/mol. The fourth-order valence-corrected chi connectivity index (χ4v) is 3.58. The summed E-state index contributed by atoms with van der Waals surface area (Å²) in [6.45, 7) is 6.86. The second-order valence-electron chi connectivity index (χ2n) is 7.02. The van der Waals surface area contributed by atoms with Gasteiger partial charge in [0.05, 0.1) is 23.0 Å². The lowest BCUT2D eigenvalue weighted by molar-refractivity contribution is -0.135. The zero-order valence-corrected chi connectivity index (χ0v) is 16.0. The number of aromatic nitrogens is 3. The minimum Gasteiger partial charge on any atom is -0.356 e. The molecule has 0 spiro atoms. The van der Waals surface area contributed by atoms with Crippen LogP contribution in [0.3, 0.4) is 0 Å². The van der Waals surface area contributed by atoms with Crippen molar-refractivity contribution in [3.63, 3.8) is 0 Å². The highest BCUT2D eigenvalue weighted by molar-refractivity contribution is 5.77. The maximum atomic E-state index is 12.7. The van der Waals surface area contributed by atoms with Gasteiger partial charge in [-0.1, -0.05) is 19.0 Å². The van der Waals surface area contributed by atoms with Crippen LogP contribution < -0.4 is 0 Å². The number of aryl methyl sites for hydroxylation is 2. The summed E-state index contributed by atoms with van der Waals surface area (Å²) in [5.74, 6) is 1.72. The molecule has 3 heterocycles. The van der Waals surface area contributed by atoms with E-state index >= 15 is 0 Å². The topological polar surface area (TPSA) is 72.1 Å². The Labute approximate surface area is 155 Å². The first-order valence-electron chi connectivity index (χ1n) is 9.73. The van der Waals surface area contributed by atoms with Crippen LogP contribution in [0.2, 0.25) is 0 Å². The molecule has 0 N–H and O–H groups in total. The van der Waals surface area contributed by atoms with Crippen LogP contribution in [0.25, 0.3) is 11.3 Å². The lowest BCUT2D eigenvalue weighted by Gasteiger charge is -2.36. The van der Waals surface area contributed by atoms with Gasteiger partial charge in [-0.15, -0.1) is 0 Å². The molecule has 3 rings (SSSR count). The zero-order valence-electron chi connectivity index (χ0n) is 16.0. The van der Waals surface area contributed by atoms with E-state index in [-0.39, 0.29) is 11.9 Å². The molecule has 0 aliphatic carbocycles. The molecule has 2 aromatic rings. The minimum absolute atomic E-state index is 0.0122. The Kier molecular flexibility index (Phi) is 6.01. The second kappa shape index (κ2) is 8.43. The monoisotopic (exact) mass is 356 g/mol. The van der Waals surface area contributed by atoms with Crippen molar-refractivity contribution in [2.45, 2.75) is 71.8 Å². The van der Waals surface area contributed by atoms with Gasteiger partial charge < -0.3 is 9.42 Å². The lowest BCUT2D eigenvalue weighted by atomic mass is 9.95. The zero-order chi connectivity index (χ0) is 18.5. The van der Waals surface area contributed by atoms with E-state index < -0.39 is 0 Å². The summed E-state index contributed by atoms with van der Waals surface area (Å²) in [5, 5.41) is 4.01. The number of hydrogen-bond acceptors (Lipinski definition) is 5. The van der Waals surface area contributed by atoms with Crippen LogP contribution in [-0.2, 0) is 11.2 Å². The molecular formula is C20H28N4O2. The van der Waals surface area contributed by atoms with Crippen molar-refractivity contribution in [1.82, 2.24) is 20.0 Å². The molecule has 1 fully saturated rings. The number of nitrogens with zero attached hydrogens (tertiary/aromatic N) is 4. The van der Waals surface area contributed by atoms with Crippen LogP contribution in [-0.4, -0.2) is 32.5 Å². The Hall–Kier alpha value is -2.24. The molecule has 1 aliphatic rings. The van der Waals surface area contributed by atoms with E-state index in [1.165, 1.54) is 0 Å². The summed E-state index contributed by atoms with van der Waals surface area (Å²) < 4.78 is 5.49. The van der Waals surface area contributed by atoms with E-state index in [2.05, 4.69) is 17.1 Å². The van der Waals surface area contributed by atoms with E-state index in [1.807, 2.05) is 31.0 Å². The number of carbonyl (C=O) groups excluding carboxylic acids is 1. The molecule has 1 atom stereocenters. The summed E-state index contributed by atoms with van der Waals surface area (Å²) >= 11 is 0. The van der Waals surface area contributed by atoms with Gasteiger partial charge in [0.1, 0.15) is 5.82 Å². The molecule has 26 heavy (non-hydrogen) atoms. The average Bonchev–Trinajstić information content (AvgIpc) is 3.08. The van der Waals surface area contributed by atoms with Crippen LogP contribution in [0.1, 0.15) is 75.6 Å². The van der Waals surface area contributed by atoms with Crippen molar-refractivity contribution in [1.29, 1.82) is 0 Å². The number of likely N-dealkylation sites (tertiary alicyclic amines) is 1. The van der Waals surface area contributed by atoms with Crippen molar-refractivity contribution in [2.24, 2.45) is 0 Å². The summed E-state index contributed by atoms with van der Waals surface area (Å²) in [7, 11) is 0. The number of hydrogen-bond donors (Lipinski definition) is 0. The smallest absolute Gasteiger partial charge is 0.223 e. The number of rotatable bonds is 6. The first-order valence-corrected chi connectivity index (χ1v) is 9.73. The molecule has 1 amide bonds. The number of carbonyl (C=O) groups is 1. The SMILES string of the molecule is CCCC(=O)N1CCCC[C@@H]1c1nc(CCC)ncc1-c1cc(C)no1. The van der Waals surface area contributed by atoms with Crippen molar-refractivity contribution in [3.8, 4) is 11.3 Å². The molecule has 2 aromatic heterocycles. The maximum absolute atomic E-state index is 12.7. The van der Waals surface area contributed by atoms with E-state index in [0.29, 0.717) is 12.2 Å². The lowest BCUT2D eigenvalue weighted by Crippen LogP contribution is -2.39. The van der Waals surface area contributed by atoms with E-state index in [1.54, 1.807) is 0 Å².